The van der Waals surface area contributed by atoms with E-state index >= 15 is 0 Å². The molecule has 0 spiro atoms. The van der Waals surface area contributed by atoms with Gasteiger partial charge in [-0.3, -0.25) is 4.79 Å². The monoisotopic (exact) mass is 214 g/mol. The van der Waals surface area contributed by atoms with E-state index in [0.29, 0.717) is 30.1 Å². The second-order valence-corrected chi connectivity index (χ2v) is 3.16. The molecule has 0 aromatic heterocycles. The van der Waals surface area contributed by atoms with Crippen LogP contribution < -0.4 is 4.74 Å². The van der Waals surface area contributed by atoms with Crippen LogP contribution in [0.4, 0.5) is 0 Å². The van der Waals surface area contributed by atoms with Crippen LogP contribution in [0.5, 0.6) is 5.75 Å². The third-order valence-electron chi connectivity index (χ3n) is 1.84. The highest BCUT2D eigenvalue weighted by atomic mass is 35.5. The molecule has 0 unspecified atom stereocenters. The summed E-state index contributed by atoms with van der Waals surface area (Å²) >= 11 is 5.92. The van der Waals surface area contributed by atoms with Gasteiger partial charge in [-0.15, -0.1) is 0 Å². The second-order valence-electron chi connectivity index (χ2n) is 2.76. The number of aliphatic hydroxyl groups is 1. The Kier molecular flexibility index (Phi) is 4.43. The van der Waals surface area contributed by atoms with Gasteiger partial charge in [0, 0.05) is 17.2 Å². The van der Waals surface area contributed by atoms with E-state index in [9.17, 15) is 4.79 Å². The van der Waals surface area contributed by atoms with Crippen LogP contribution in [0.1, 0.15) is 12.0 Å². The molecule has 0 atom stereocenters. The van der Waals surface area contributed by atoms with Crippen LogP contribution in [0, 0.1) is 0 Å². The summed E-state index contributed by atoms with van der Waals surface area (Å²) in [6.45, 7) is 0.458. The van der Waals surface area contributed by atoms with Crippen molar-refractivity contribution in [1.82, 2.24) is 0 Å². The first-order valence-electron chi connectivity index (χ1n) is 4.28. The number of carbonyl (C=O) groups excluding carboxylic acids is 1. The molecule has 0 heterocycles. The Balaban J connectivity index is 2.89. The van der Waals surface area contributed by atoms with Crippen LogP contribution in [-0.2, 0) is 11.2 Å². The van der Waals surface area contributed by atoms with Gasteiger partial charge in [-0.05, 0) is 25.0 Å². The third-order valence-corrected chi connectivity index (χ3v) is 2.19. The zero-order valence-electron chi connectivity index (χ0n) is 7.57. The molecule has 0 aliphatic heterocycles. The van der Waals surface area contributed by atoms with Crippen molar-refractivity contribution in [3.8, 4) is 5.75 Å². The third kappa shape index (κ3) is 2.72. The fourth-order valence-corrected chi connectivity index (χ4v) is 1.46. The summed E-state index contributed by atoms with van der Waals surface area (Å²) in [6, 6.07) is 5.11. The Hall–Kier alpha value is -1.06. The molecule has 0 bridgehead atoms. The Morgan fingerprint density at radius 2 is 2.29 bits per heavy atom. The van der Waals surface area contributed by atoms with Crippen LogP contribution in [0.3, 0.4) is 0 Å². The number of benzene rings is 1. The Bertz CT molecular complexity index is 312. The Morgan fingerprint density at radius 1 is 1.50 bits per heavy atom. The lowest BCUT2D eigenvalue weighted by atomic mass is 10.1. The second kappa shape index (κ2) is 5.62. The molecule has 0 aliphatic carbocycles. The van der Waals surface area contributed by atoms with Crippen LogP contribution in [0.2, 0.25) is 5.02 Å². The minimum absolute atomic E-state index is 0.0890. The van der Waals surface area contributed by atoms with E-state index in [1.807, 2.05) is 0 Å². The molecular formula is C10H11ClO3. The van der Waals surface area contributed by atoms with Gasteiger partial charge in [-0.2, -0.15) is 0 Å². The van der Waals surface area contributed by atoms with Crippen molar-refractivity contribution in [3.05, 3.63) is 28.8 Å². The highest BCUT2D eigenvalue weighted by molar-refractivity contribution is 6.31. The van der Waals surface area contributed by atoms with Gasteiger partial charge in [-0.25, -0.2) is 0 Å². The minimum atomic E-state index is 0.0890. The van der Waals surface area contributed by atoms with Gasteiger partial charge < -0.3 is 9.84 Å². The SMILES string of the molecule is O=COc1cccc(Cl)c1CCCO. The minimum Gasteiger partial charge on any atom is -0.428 e. The first-order chi connectivity index (χ1) is 6.79. The van der Waals surface area contributed by atoms with E-state index in [2.05, 4.69) is 0 Å². The van der Waals surface area contributed by atoms with Gasteiger partial charge in [0.05, 0.1) is 0 Å². The summed E-state index contributed by atoms with van der Waals surface area (Å²) in [5.74, 6) is 0.459. The number of ether oxygens (including phenoxy) is 1. The van der Waals surface area contributed by atoms with Gasteiger partial charge in [-0.1, -0.05) is 17.7 Å². The predicted octanol–water partition coefficient (Wildman–Crippen LogP) is 1.80. The van der Waals surface area contributed by atoms with Crippen LogP contribution >= 0.6 is 11.6 Å². The number of hydrogen-bond donors (Lipinski definition) is 1. The Labute approximate surface area is 87.3 Å². The molecule has 3 nitrogen and oxygen atoms in total. The quantitative estimate of drug-likeness (QED) is 0.761. The molecule has 76 valence electrons. The maximum absolute atomic E-state index is 10.2. The average molecular weight is 215 g/mol. The fraction of sp³-hybridized carbons (Fsp3) is 0.300. The van der Waals surface area contributed by atoms with Gasteiger partial charge >= 0.3 is 0 Å². The van der Waals surface area contributed by atoms with Gasteiger partial charge in [0.1, 0.15) is 5.75 Å². The van der Waals surface area contributed by atoms with Crippen molar-refractivity contribution < 1.29 is 14.6 Å². The molecule has 14 heavy (non-hydrogen) atoms. The average Bonchev–Trinajstić information content (AvgIpc) is 2.18. The number of carbonyl (C=O) groups is 1. The number of rotatable bonds is 5. The van der Waals surface area contributed by atoms with E-state index in [-0.39, 0.29) is 6.61 Å². The highest BCUT2D eigenvalue weighted by Crippen LogP contribution is 2.27. The smallest absolute Gasteiger partial charge is 0.298 e. The van der Waals surface area contributed by atoms with Crippen molar-refractivity contribution in [3.63, 3.8) is 0 Å². The standard InChI is InChI=1S/C10H11ClO3/c11-9-4-1-5-10(14-7-13)8(9)3-2-6-12/h1,4-5,7,12H,2-3,6H2. The van der Waals surface area contributed by atoms with E-state index in [4.69, 9.17) is 21.4 Å². The lowest BCUT2D eigenvalue weighted by molar-refractivity contribution is -0.120. The lowest BCUT2D eigenvalue weighted by Gasteiger charge is -2.07. The largest absolute Gasteiger partial charge is 0.428 e. The summed E-state index contributed by atoms with van der Waals surface area (Å²) in [5, 5.41) is 9.24. The van der Waals surface area contributed by atoms with Crippen LogP contribution in [0.15, 0.2) is 18.2 Å². The fourth-order valence-electron chi connectivity index (χ4n) is 1.20. The van der Waals surface area contributed by atoms with E-state index in [0.717, 1.165) is 5.56 Å². The van der Waals surface area contributed by atoms with Crippen molar-refractivity contribution >= 4 is 18.1 Å². The van der Waals surface area contributed by atoms with Crippen molar-refractivity contribution in [2.45, 2.75) is 12.8 Å². The molecule has 0 radical (unpaired) electrons. The van der Waals surface area contributed by atoms with Gasteiger partial charge in [0.25, 0.3) is 6.47 Å². The summed E-state index contributed by atoms with van der Waals surface area (Å²) in [6.07, 6.45) is 1.19. The number of hydrogen-bond acceptors (Lipinski definition) is 3. The first-order valence-corrected chi connectivity index (χ1v) is 4.66. The zero-order valence-corrected chi connectivity index (χ0v) is 8.33. The lowest BCUT2D eigenvalue weighted by Crippen LogP contribution is -1.97. The number of halogens is 1. The molecule has 0 fully saturated rings. The van der Waals surface area contributed by atoms with Crippen LogP contribution in [0.25, 0.3) is 0 Å². The molecular weight excluding hydrogens is 204 g/mol. The molecule has 0 saturated heterocycles. The van der Waals surface area contributed by atoms with E-state index in [1.54, 1.807) is 18.2 Å². The summed E-state index contributed by atoms with van der Waals surface area (Å²) in [5.41, 5.74) is 0.760. The molecule has 0 amide bonds. The Morgan fingerprint density at radius 3 is 2.93 bits per heavy atom. The molecule has 1 aromatic rings. The van der Waals surface area contributed by atoms with Crippen LogP contribution in [-0.4, -0.2) is 18.2 Å². The molecule has 1 N–H and O–H groups in total. The van der Waals surface area contributed by atoms with Crippen molar-refractivity contribution in [2.75, 3.05) is 6.61 Å². The van der Waals surface area contributed by atoms with E-state index in [1.165, 1.54) is 0 Å². The summed E-state index contributed by atoms with van der Waals surface area (Å²) in [4.78, 5) is 10.2. The molecule has 0 aliphatic rings. The number of aliphatic hydroxyl groups excluding tert-OH is 1. The normalized spacial score (nSPS) is 9.86. The maximum Gasteiger partial charge on any atom is 0.298 e. The van der Waals surface area contributed by atoms with Crippen molar-refractivity contribution in [2.24, 2.45) is 0 Å². The molecule has 0 saturated carbocycles. The molecule has 1 aromatic carbocycles. The summed E-state index contributed by atoms with van der Waals surface area (Å²) in [7, 11) is 0. The van der Waals surface area contributed by atoms with E-state index < -0.39 is 0 Å². The zero-order chi connectivity index (χ0) is 10.4. The highest BCUT2D eigenvalue weighted by Gasteiger charge is 2.07. The van der Waals surface area contributed by atoms with Crippen molar-refractivity contribution in [1.29, 1.82) is 0 Å². The maximum atomic E-state index is 10.2. The predicted molar refractivity (Wildman–Crippen MR) is 53.6 cm³/mol. The first kappa shape index (κ1) is 11.0. The van der Waals surface area contributed by atoms with Gasteiger partial charge in [0.15, 0.2) is 0 Å². The summed E-state index contributed by atoms with van der Waals surface area (Å²) < 4.78 is 4.77. The molecule has 4 heteroatoms. The molecule has 1 rings (SSSR count). The topological polar surface area (TPSA) is 46.5 Å². The van der Waals surface area contributed by atoms with Gasteiger partial charge in [0.2, 0.25) is 0 Å².